The van der Waals surface area contributed by atoms with Crippen molar-refractivity contribution >= 4 is 15.6 Å². The van der Waals surface area contributed by atoms with Gasteiger partial charge in [0.25, 0.3) is 0 Å². The molecular formula is C18H38N4O5S. The third kappa shape index (κ3) is 12.1. The largest absolute Gasteiger partial charge is 0.395 e. The Morgan fingerprint density at radius 1 is 0.750 bits per heavy atom. The number of carbonyl (C=O) groups excluding carboxylic acids is 1. The third-order valence-electron chi connectivity index (χ3n) is 4.99. The molecule has 0 saturated carbocycles. The summed E-state index contributed by atoms with van der Waals surface area (Å²) in [5, 5.41) is 17.5. The molecule has 0 aromatic rings. The maximum atomic E-state index is 11.0. The van der Waals surface area contributed by atoms with Crippen LogP contribution in [0.2, 0.25) is 0 Å². The van der Waals surface area contributed by atoms with Gasteiger partial charge in [0.15, 0.2) is 0 Å². The number of ketones is 1. The van der Waals surface area contributed by atoms with Gasteiger partial charge < -0.3 is 10.2 Å². The highest BCUT2D eigenvalue weighted by Gasteiger charge is 2.17. The highest BCUT2D eigenvalue weighted by Crippen LogP contribution is 2.02. The molecule has 0 aromatic carbocycles. The van der Waals surface area contributed by atoms with Crippen LogP contribution in [0.5, 0.6) is 0 Å². The zero-order valence-corrected chi connectivity index (χ0v) is 18.2. The molecule has 0 atom stereocenters. The minimum absolute atomic E-state index is 0.198. The first-order chi connectivity index (χ1) is 13.2. The van der Waals surface area contributed by atoms with Gasteiger partial charge in [0.1, 0.15) is 15.6 Å². The lowest BCUT2D eigenvalue weighted by Gasteiger charge is -2.34. The Hall–Kier alpha value is -0.620. The Kier molecular flexibility index (Phi) is 12.3. The van der Waals surface area contributed by atoms with Gasteiger partial charge >= 0.3 is 0 Å². The van der Waals surface area contributed by atoms with Crippen LogP contribution in [-0.4, -0.2) is 148 Å². The molecule has 0 unspecified atom stereocenters. The molecular weight excluding hydrogens is 384 g/mol. The van der Waals surface area contributed by atoms with E-state index in [1.807, 2.05) is 0 Å². The summed E-state index contributed by atoms with van der Waals surface area (Å²) >= 11 is 0. The number of aliphatic hydroxyl groups is 2. The maximum absolute atomic E-state index is 11.0. The van der Waals surface area contributed by atoms with E-state index in [4.69, 9.17) is 10.2 Å². The van der Waals surface area contributed by atoms with E-state index < -0.39 is 9.84 Å². The highest BCUT2D eigenvalue weighted by atomic mass is 32.2. The minimum atomic E-state index is -2.84. The first-order valence-corrected chi connectivity index (χ1v) is 12.1. The van der Waals surface area contributed by atoms with Gasteiger partial charge in [-0.3, -0.25) is 24.4 Å². The van der Waals surface area contributed by atoms with Crippen LogP contribution in [0.25, 0.3) is 0 Å². The number of β-amino-alcohol motifs (C(OH)–C–C–N with tert-alkyl or cyclic N) is 2. The average Bonchev–Trinajstić information content (AvgIpc) is 2.63. The number of hydrogen-bond donors (Lipinski definition) is 2. The zero-order valence-electron chi connectivity index (χ0n) is 17.4. The molecule has 0 amide bonds. The molecule has 2 aliphatic heterocycles. The number of sulfone groups is 1. The molecule has 2 saturated heterocycles. The van der Waals surface area contributed by atoms with Gasteiger partial charge in [0.2, 0.25) is 0 Å². The van der Waals surface area contributed by atoms with E-state index in [1.165, 1.54) is 6.26 Å². The van der Waals surface area contributed by atoms with Crippen molar-refractivity contribution in [2.45, 2.75) is 6.92 Å². The number of rotatable bonds is 9. The lowest BCUT2D eigenvalue weighted by atomic mass is 10.3. The smallest absolute Gasteiger partial charge is 0.148 e. The molecule has 28 heavy (non-hydrogen) atoms. The van der Waals surface area contributed by atoms with Crippen molar-refractivity contribution in [3.63, 3.8) is 0 Å². The number of nitrogens with zero attached hydrogens (tertiary/aromatic N) is 4. The first-order valence-electron chi connectivity index (χ1n) is 10.0. The standard InChI is InChI=1S/C9H20N2O3S.C9H18N2O2/c1-15(13,14)9-7-11-4-2-10(3-5-11)6-8-12;1-9(13)8-11-4-2-10(3-5-11)6-7-12/h12H,2-9H2,1H3;12H,2-8H2,1H3. The Balaban J connectivity index is 0.000000283. The summed E-state index contributed by atoms with van der Waals surface area (Å²) in [5.41, 5.74) is 0. The second kappa shape index (κ2) is 13.6. The summed E-state index contributed by atoms with van der Waals surface area (Å²) in [6, 6.07) is 0. The molecule has 2 rings (SSSR count). The summed E-state index contributed by atoms with van der Waals surface area (Å²) in [5.74, 6) is 0.475. The minimum Gasteiger partial charge on any atom is -0.395 e. The molecule has 10 heteroatoms. The van der Waals surface area contributed by atoms with E-state index in [-0.39, 0.29) is 24.7 Å². The molecule has 0 aliphatic carbocycles. The van der Waals surface area contributed by atoms with Crippen LogP contribution in [-0.2, 0) is 14.6 Å². The fourth-order valence-corrected chi connectivity index (χ4v) is 3.89. The average molecular weight is 423 g/mol. The van der Waals surface area contributed by atoms with Crippen LogP contribution in [0.1, 0.15) is 6.92 Å². The molecule has 9 nitrogen and oxygen atoms in total. The second-order valence-corrected chi connectivity index (χ2v) is 9.84. The van der Waals surface area contributed by atoms with E-state index in [9.17, 15) is 13.2 Å². The van der Waals surface area contributed by atoms with Gasteiger partial charge in [0, 0.05) is 78.2 Å². The van der Waals surface area contributed by atoms with Crippen LogP contribution in [0.4, 0.5) is 0 Å². The quantitative estimate of drug-likeness (QED) is 0.429. The second-order valence-electron chi connectivity index (χ2n) is 7.58. The van der Waals surface area contributed by atoms with E-state index >= 15 is 0 Å². The summed E-state index contributed by atoms with van der Waals surface area (Å²) in [6.07, 6.45) is 1.27. The van der Waals surface area contributed by atoms with Crippen LogP contribution < -0.4 is 0 Å². The molecule has 2 N–H and O–H groups in total. The van der Waals surface area contributed by atoms with E-state index in [0.717, 1.165) is 65.4 Å². The van der Waals surface area contributed by atoms with Gasteiger partial charge in [-0.15, -0.1) is 0 Å². The molecule has 166 valence electrons. The molecule has 0 bridgehead atoms. The van der Waals surface area contributed by atoms with Crippen LogP contribution >= 0.6 is 0 Å². The molecule has 0 aromatic heterocycles. The van der Waals surface area contributed by atoms with Crippen LogP contribution in [0.15, 0.2) is 0 Å². The lowest BCUT2D eigenvalue weighted by Crippen LogP contribution is -2.48. The van der Waals surface area contributed by atoms with Gasteiger partial charge in [-0.2, -0.15) is 0 Å². The van der Waals surface area contributed by atoms with Crippen molar-refractivity contribution in [2.75, 3.05) is 104 Å². The van der Waals surface area contributed by atoms with Crippen LogP contribution in [0, 0.1) is 0 Å². The van der Waals surface area contributed by atoms with Crippen molar-refractivity contribution in [3.8, 4) is 0 Å². The fraction of sp³-hybridized carbons (Fsp3) is 0.944. The molecule has 0 spiro atoms. The maximum Gasteiger partial charge on any atom is 0.148 e. The number of carbonyl (C=O) groups is 1. The molecule has 0 radical (unpaired) electrons. The molecule has 2 heterocycles. The summed E-state index contributed by atoms with van der Waals surface area (Å²) in [6.45, 7) is 12.2. The van der Waals surface area contributed by atoms with E-state index in [2.05, 4.69) is 19.6 Å². The van der Waals surface area contributed by atoms with Crippen molar-refractivity contribution in [1.29, 1.82) is 0 Å². The normalized spacial score (nSPS) is 20.6. The predicted molar refractivity (Wildman–Crippen MR) is 110 cm³/mol. The van der Waals surface area contributed by atoms with E-state index in [1.54, 1.807) is 6.92 Å². The van der Waals surface area contributed by atoms with Gasteiger partial charge in [0.05, 0.1) is 25.5 Å². The van der Waals surface area contributed by atoms with Crippen molar-refractivity contribution < 1.29 is 23.4 Å². The number of aliphatic hydroxyl groups excluding tert-OH is 2. The Morgan fingerprint density at radius 2 is 1.11 bits per heavy atom. The summed E-state index contributed by atoms with van der Waals surface area (Å²) < 4.78 is 21.9. The zero-order chi connectivity index (χ0) is 21.0. The van der Waals surface area contributed by atoms with Crippen LogP contribution in [0.3, 0.4) is 0 Å². The Bertz CT molecular complexity index is 530. The topological polar surface area (TPSA) is 105 Å². The fourth-order valence-electron chi connectivity index (χ4n) is 3.30. The van der Waals surface area contributed by atoms with Crippen molar-refractivity contribution in [2.24, 2.45) is 0 Å². The number of hydrogen-bond acceptors (Lipinski definition) is 9. The summed E-state index contributed by atoms with van der Waals surface area (Å²) in [7, 11) is -2.84. The van der Waals surface area contributed by atoms with E-state index in [0.29, 0.717) is 13.1 Å². The van der Waals surface area contributed by atoms with Gasteiger partial charge in [-0.1, -0.05) is 0 Å². The summed E-state index contributed by atoms with van der Waals surface area (Å²) in [4.78, 5) is 19.6. The van der Waals surface area contributed by atoms with Crippen molar-refractivity contribution in [3.05, 3.63) is 0 Å². The lowest BCUT2D eigenvalue weighted by molar-refractivity contribution is -0.118. The molecule has 2 aliphatic rings. The Morgan fingerprint density at radius 3 is 1.43 bits per heavy atom. The third-order valence-corrected chi connectivity index (χ3v) is 5.91. The first kappa shape index (κ1) is 25.4. The number of piperazine rings is 2. The Labute approximate surface area is 169 Å². The SMILES string of the molecule is CC(=O)CN1CCN(CCO)CC1.CS(=O)(=O)CCN1CCN(CCO)CC1. The monoisotopic (exact) mass is 422 g/mol. The highest BCUT2D eigenvalue weighted by molar-refractivity contribution is 7.90. The van der Waals surface area contributed by atoms with Gasteiger partial charge in [-0.25, -0.2) is 8.42 Å². The number of Topliss-reactive ketones (excluding diaryl/α,β-unsaturated/α-hetero) is 1. The molecule has 2 fully saturated rings. The predicted octanol–water partition coefficient (Wildman–Crippen LogP) is -2.17. The van der Waals surface area contributed by atoms with Crippen molar-refractivity contribution in [1.82, 2.24) is 19.6 Å². The van der Waals surface area contributed by atoms with Gasteiger partial charge in [-0.05, 0) is 6.92 Å².